The molecule has 2 fully saturated rings. The summed E-state index contributed by atoms with van der Waals surface area (Å²) in [5.41, 5.74) is -1.26. The average Bonchev–Trinajstić information content (AvgIpc) is 3.12. The van der Waals surface area contributed by atoms with Crippen LogP contribution in [0.5, 0.6) is 0 Å². The molecule has 1 heterocycles. The van der Waals surface area contributed by atoms with Gasteiger partial charge in [0.15, 0.2) is 0 Å². The Morgan fingerprint density at radius 3 is 2.80 bits per heavy atom. The van der Waals surface area contributed by atoms with E-state index in [1.54, 1.807) is 0 Å². The van der Waals surface area contributed by atoms with E-state index in [4.69, 9.17) is 0 Å². The molecular weight excluding hydrogens is 331 g/mol. The van der Waals surface area contributed by atoms with Gasteiger partial charge >= 0.3 is 18.0 Å². The van der Waals surface area contributed by atoms with E-state index in [1.807, 2.05) is 0 Å². The smallest absolute Gasteiger partial charge is 0.342 e. The van der Waals surface area contributed by atoms with Crippen molar-refractivity contribution in [2.45, 2.75) is 19.3 Å². The SMILES string of the molecule is COC(=O)c1c(F)cccc1NC(=O)N1C[C@@H]2CCC[C@@]2(C(=O)O)C1. The molecule has 134 valence electrons. The minimum Gasteiger partial charge on any atom is -0.481 e. The minimum absolute atomic E-state index is 0.00159. The maximum atomic E-state index is 13.9. The molecule has 25 heavy (non-hydrogen) atoms. The number of hydrogen-bond donors (Lipinski definition) is 2. The fourth-order valence-corrected chi connectivity index (χ4v) is 3.93. The van der Waals surface area contributed by atoms with E-state index in [0.29, 0.717) is 13.0 Å². The van der Waals surface area contributed by atoms with Gasteiger partial charge in [0.25, 0.3) is 0 Å². The molecule has 1 aromatic carbocycles. The number of aliphatic carboxylic acids is 1. The van der Waals surface area contributed by atoms with Gasteiger partial charge in [0.1, 0.15) is 11.4 Å². The molecular formula is C17H19FN2O5. The van der Waals surface area contributed by atoms with Crippen molar-refractivity contribution in [3.63, 3.8) is 0 Å². The van der Waals surface area contributed by atoms with Crippen molar-refractivity contribution in [3.8, 4) is 0 Å². The molecule has 0 spiro atoms. The van der Waals surface area contributed by atoms with Crippen LogP contribution in [0.2, 0.25) is 0 Å². The third kappa shape index (κ3) is 2.81. The summed E-state index contributed by atoms with van der Waals surface area (Å²) in [7, 11) is 1.12. The minimum atomic E-state index is -0.898. The highest BCUT2D eigenvalue weighted by atomic mass is 19.1. The molecule has 1 aliphatic heterocycles. The fourth-order valence-electron chi connectivity index (χ4n) is 3.93. The van der Waals surface area contributed by atoms with Gasteiger partial charge in [-0.25, -0.2) is 14.0 Å². The van der Waals surface area contributed by atoms with Gasteiger partial charge < -0.3 is 20.1 Å². The van der Waals surface area contributed by atoms with Crippen LogP contribution in [0, 0.1) is 17.2 Å². The zero-order chi connectivity index (χ0) is 18.2. The van der Waals surface area contributed by atoms with Crippen molar-refractivity contribution in [3.05, 3.63) is 29.6 Å². The Morgan fingerprint density at radius 1 is 1.40 bits per heavy atom. The topological polar surface area (TPSA) is 95.9 Å². The normalized spacial score (nSPS) is 24.7. The average molecular weight is 350 g/mol. The maximum absolute atomic E-state index is 13.9. The number of fused-ring (bicyclic) bond motifs is 1. The predicted octanol–water partition coefficient (Wildman–Crippen LogP) is 2.33. The van der Waals surface area contributed by atoms with E-state index in [9.17, 15) is 23.9 Å². The predicted molar refractivity (Wildman–Crippen MR) is 85.7 cm³/mol. The number of likely N-dealkylation sites (tertiary alicyclic amines) is 1. The van der Waals surface area contributed by atoms with Crippen molar-refractivity contribution in [1.29, 1.82) is 0 Å². The van der Waals surface area contributed by atoms with Gasteiger partial charge in [-0.3, -0.25) is 4.79 Å². The number of halogens is 1. The summed E-state index contributed by atoms with van der Waals surface area (Å²) in [4.78, 5) is 37.4. The lowest BCUT2D eigenvalue weighted by Crippen LogP contribution is -2.39. The Balaban J connectivity index is 1.80. The van der Waals surface area contributed by atoms with Crippen LogP contribution in [0.15, 0.2) is 18.2 Å². The molecule has 1 saturated carbocycles. The Morgan fingerprint density at radius 2 is 2.16 bits per heavy atom. The van der Waals surface area contributed by atoms with Gasteiger partial charge in [-0.1, -0.05) is 12.5 Å². The molecule has 0 bridgehead atoms. The van der Waals surface area contributed by atoms with E-state index in [0.717, 1.165) is 26.0 Å². The molecule has 1 saturated heterocycles. The number of hydrogen-bond acceptors (Lipinski definition) is 4. The quantitative estimate of drug-likeness (QED) is 0.816. The monoisotopic (exact) mass is 350 g/mol. The molecule has 2 N–H and O–H groups in total. The molecule has 0 unspecified atom stereocenters. The van der Waals surface area contributed by atoms with Crippen LogP contribution in [-0.2, 0) is 9.53 Å². The summed E-state index contributed by atoms with van der Waals surface area (Å²) in [5, 5.41) is 12.1. The van der Waals surface area contributed by atoms with Crippen LogP contribution in [-0.4, -0.2) is 48.2 Å². The number of ether oxygens (including phenoxy) is 1. The Bertz CT molecular complexity index is 738. The Hall–Kier alpha value is -2.64. The van der Waals surface area contributed by atoms with Crippen LogP contribution in [0.25, 0.3) is 0 Å². The number of rotatable bonds is 3. The number of urea groups is 1. The molecule has 2 aliphatic rings. The highest BCUT2D eigenvalue weighted by Crippen LogP contribution is 2.49. The summed E-state index contributed by atoms with van der Waals surface area (Å²) in [6, 6.07) is 3.32. The summed E-state index contributed by atoms with van der Waals surface area (Å²) in [6.07, 6.45) is 2.15. The number of amides is 2. The zero-order valence-electron chi connectivity index (χ0n) is 13.8. The third-order valence-electron chi connectivity index (χ3n) is 5.23. The summed E-state index contributed by atoms with van der Waals surface area (Å²) >= 11 is 0. The lowest BCUT2D eigenvalue weighted by atomic mass is 9.81. The molecule has 2 atom stereocenters. The second-order valence-electron chi connectivity index (χ2n) is 6.52. The van der Waals surface area contributed by atoms with Gasteiger partial charge in [-0.2, -0.15) is 0 Å². The number of carboxylic acid groups (broad SMARTS) is 1. The first-order chi connectivity index (χ1) is 11.9. The van der Waals surface area contributed by atoms with Gasteiger partial charge in [-0.15, -0.1) is 0 Å². The molecule has 2 amide bonds. The van der Waals surface area contributed by atoms with E-state index >= 15 is 0 Å². The third-order valence-corrected chi connectivity index (χ3v) is 5.23. The number of nitrogens with one attached hydrogen (secondary N) is 1. The van der Waals surface area contributed by atoms with Gasteiger partial charge in [0, 0.05) is 13.1 Å². The first-order valence-corrected chi connectivity index (χ1v) is 8.05. The molecule has 7 nitrogen and oxygen atoms in total. The van der Waals surface area contributed by atoms with Crippen molar-refractivity contribution in [2.75, 3.05) is 25.5 Å². The van der Waals surface area contributed by atoms with E-state index < -0.39 is 29.2 Å². The van der Waals surface area contributed by atoms with Crippen LogP contribution in [0.4, 0.5) is 14.9 Å². The molecule has 1 aromatic rings. The number of nitrogens with zero attached hydrogens (tertiary/aromatic N) is 1. The van der Waals surface area contributed by atoms with Gasteiger partial charge in [-0.05, 0) is 30.9 Å². The van der Waals surface area contributed by atoms with E-state index in [2.05, 4.69) is 10.1 Å². The number of esters is 1. The van der Waals surface area contributed by atoms with Crippen LogP contribution >= 0.6 is 0 Å². The number of methoxy groups -OCH3 is 1. The standard InChI is InChI=1S/C17H19FN2O5/c1-25-14(21)13-11(18)5-2-6-12(13)19-16(24)20-8-10-4-3-7-17(10,9-20)15(22)23/h2,5-6,10H,3-4,7-9H2,1H3,(H,19,24)(H,22,23)/t10-,17+/m0/s1. The molecule has 3 rings (SSSR count). The van der Waals surface area contributed by atoms with Crippen molar-refractivity contribution >= 4 is 23.7 Å². The molecule has 0 radical (unpaired) electrons. The van der Waals surface area contributed by atoms with Crippen LogP contribution < -0.4 is 5.32 Å². The zero-order valence-corrected chi connectivity index (χ0v) is 13.8. The van der Waals surface area contributed by atoms with E-state index in [-0.39, 0.29) is 23.7 Å². The molecule has 8 heteroatoms. The lowest BCUT2D eigenvalue weighted by Gasteiger charge is -2.23. The summed E-state index contributed by atoms with van der Waals surface area (Å²) in [5.74, 6) is -2.66. The second kappa shape index (κ2) is 6.34. The van der Waals surface area contributed by atoms with Gasteiger partial charge in [0.2, 0.25) is 0 Å². The molecule has 1 aliphatic carbocycles. The van der Waals surface area contributed by atoms with Crippen molar-refractivity contribution in [1.82, 2.24) is 4.90 Å². The highest BCUT2D eigenvalue weighted by molar-refractivity contribution is 6.01. The maximum Gasteiger partial charge on any atom is 0.342 e. The number of anilines is 1. The number of carbonyl (C=O) groups is 3. The first-order valence-electron chi connectivity index (χ1n) is 8.05. The number of carbonyl (C=O) groups excluding carboxylic acids is 2. The molecule has 0 aromatic heterocycles. The number of benzene rings is 1. The fraction of sp³-hybridized carbons (Fsp3) is 0.471. The van der Waals surface area contributed by atoms with Crippen LogP contribution in [0.1, 0.15) is 29.6 Å². The van der Waals surface area contributed by atoms with Crippen LogP contribution in [0.3, 0.4) is 0 Å². The first kappa shape index (κ1) is 17.2. The number of carboxylic acids is 1. The Labute approximate surface area is 143 Å². The summed E-state index contributed by atoms with van der Waals surface area (Å²) in [6.45, 7) is 0.447. The second-order valence-corrected chi connectivity index (χ2v) is 6.52. The Kier molecular flexibility index (Phi) is 4.36. The van der Waals surface area contributed by atoms with Crippen molar-refractivity contribution in [2.24, 2.45) is 11.3 Å². The lowest BCUT2D eigenvalue weighted by molar-refractivity contribution is -0.149. The van der Waals surface area contributed by atoms with E-state index in [1.165, 1.54) is 17.0 Å². The highest BCUT2D eigenvalue weighted by Gasteiger charge is 2.55. The summed E-state index contributed by atoms with van der Waals surface area (Å²) < 4.78 is 18.5. The largest absolute Gasteiger partial charge is 0.481 e. The van der Waals surface area contributed by atoms with Crippen molar-refractivity contribution < 1.29 is 28.6 Å². The van der Waals surface area contributed by atoms with Gasteiger partial charge in [0.05, 0.1) is 18.2 Å².